The molecule has 3 rings (SSSR count). The van der Waals surface area contributed by atoms with Crippen molar-refractivity contribution in [1.82, 2.24) is 15.5 Å². The monoisotopic (exact) mass is 385 g/mol. The van der Waals surface area contributed by atoms with E-state index in [0.717, 1.165) is 37.2 Å². The van der Waals surface area contributed by atoms with Crippen molar-refractivity contribution in [2.24, 2.45) is 11.3 Å². The summed E-state index contributed by atoms with van der Waals surface area (Å²) in [6.07, 6.45) is 5.51. The first-order valence-electron chi connectivity index (χ1n) is 10.3. The highest BCUT2D eigenvalue weighted by atomic mass is 16.2. The highest BCUT2D eigenvalue weighted by Crippen LogP contribution is 2.40. The van der Waals surface area contributed by atoms with Gasteiger partial charge in [0.1, 0.15) is 0 Å². The fraction of sp³-hybridized carbons (Fsp3) is 0.591. The van der Waals surface area contributed by atoms with Gasteiger partial charge in [0.05, 0.1) is 13.1 Å². The van der Waals surface area contributed by atoms with E-state index in [-0.39, 0.29) is 37.0 Å². The number of urea groups is 1. The molecule has 1 aliphatic heterocycles. The summed E-state index contributed by atoms with van der Waals surface area (Å²) < 4.78 is 0. The average molecular weight is 386 g/mol. The molecule has 6 nitrogen and oxygen atoms in total. The van der Waals surface area contributed by atoms with Gasteiger partial charge in [-0.25, -0.2) is 4.79 Å². The first-order valence-corrected chi connectivity index (χ1v) is 10.3. The number of hydrogen-bond donors (Lipinski definition) is 2. The van der Waals surface area contributed by atoms with E-state index in [4.69, 9.17) is 0 Å². The molecule has 1 aliphatic carbocycles. The molecular formula is C22H31N3O3. The quantitative estimate of drug-likeness (QED) is 0.736. The van der Waals surface area contributed by atoms with Crippen molar-refractivity contribution in [2.75, 3.05) is 6.54 Å². The number of nitrogens with zero attached hydrogens (tertiary/aromatic N) is 1. The van der Waals surface area contributed by atoms with E-state index in [1.165, 1.54) is 11.3 Å². The number of carbonyl (C=O) groups is 3. The van der Waals surface area contributed by atoms with E-state index < -0.39 is 0 Å². The SMILES string of the molecule is CCC(C)(C)C1CCC(NC(=O)c2cccc(CN3C(=O)CNC3=O)c2)CC1. The molecule has 1 saturated heterocycles. The maximum absolute atomic E-state index is 12.7. The van der Waals surface area contributed by atoms with Crippen LogP contribution in [0.15, 0.2) is 24.3 Å². The Kier molecular flexibility index (Phi) is 6.06. The standard InChI is InChI=1S/C22H31N3O3/c1-4-22(2,3)17-8-10-18(11-9-17)24-20(27)16-7-5-6-15(12-16)14-25-19(26)13-23-21(25)28/h5-7,12,17-18H,4,8-11,13-14H2,1-3H3,(H,23,28)(H,24,27). The van der Waals surface area contributed by atoms with Crippen LogP contribution in [-0.2, 0) is 11.3 Å². The number of carbonyl (C=O) groups excluding carboxylic acids is 3. The molecule has 0 radical (unpaired) electrons. The number of benzene rings is 1. The van der Waals surface area contributed by atoms with Crippen LogP contribution in [0.4, 0.5) is 4.79 Å². The van der Waals surface area contributed by atoms with Gasteiger partial charge in [0.2, 0.25) is 5.91 Å². The van der Waals surface area contributed by atoms with Gasteiger partial charge in [0.15, 0.2) is 0 Å². The van der Waals surface area contributed by atoms with Gasteiger partial charge in [-0.2, -0.15) is 0 Å². The van der Waals surface area contributed by atoms with E-state index in [1.807, 2.05) is 6.07 Å². The maximum Gasteiger partial charge on any atom is 0.324 e. The molecule has 1 saturated carbocycles. The van der Waals surface area contributed by atoms with E-state index in [2.05, 4.69) is 31.4 Å². The zero-order chi connectivity index (χ0) is 20.3. The Hall–Kier alpha value is -2.37. The normalized spacial score (nSPS) is 22.9. The van der Waals surface area contributed by atoms with Gasteiger partial charge in [0, 0.05) is 11.6 Å². The maximum atomic E-state index is 12.7. The molecule has 2 aliphatic rings. The van der Waals surface area contributed by atoms with Crippen molar-refractivity contribution in [3.05, 3.63) is 35.4 Å². The summed E-state index contributed by atoms with van der Waals surface area (Å²) in [4.78, 5) is 37.3. The van der Waals surface area contributed by atoms with Gasteiger partial charge in [-0.3, -0.25) is 14.5 Å². The van der Waals surface area contributed by atoms with E-state index in [0.29, 0.717) is 11.0 Å². The molecular weight excluding hydrogens is 354 g/mol. The van der Waals surface area contributed by atoms with Gasteiger partial charge in [-0.05, 0) is 54.7 Å². The number of nitrogens with one attached hydrogen (secondary N) is 2. The fourth-order valence-electron chi connectivity index (χ4n) is 4.19. The number of imide groups is 1. The molecule has 1 heterocycles. The van der Waals surface area contributed by atoms with Crippen molar-refractivity contribution in [1.29, 1.82) is 0 Å². The average Bonchev–Trinajstić information content (AvgIpc) is 3.00. The second kappa shape index (κ2) is 8.33. The summed E-state index contributed by atoms with van der Waals surface area (Å²) in [5, 5.41) is 5.67. The molecule has 0 spiro atoms. The summed E-state index contributed by atoms with van der Waals surface area (Å²) in [6.45, 7) is 7.15. The van der Waals surface area contributed by atoms with Crippen LogP contribution in [-0.4, -0.2) is 35.3 Å². The molecule has 2 N–H and O–H groups in total. The number of rotatable bonds is 6. The fourth-order valence-corrected chi connectivity index (χ4v) is 4.19. The zero-order valence-corrected chi connectivity index (χ0v) is 17.1. The van der Waals surface area contributed by atoms with E-state index in [9.17, 15) is 14.4 Å². The van der Waals surface area contributed by atoms with Crippen LogP contribution in [0, 0.1) is 11.3 Å². The lowest BCUT2D eigenvalue weighted by Gasteiger charge is -2.39. The largest absolute Gasteiger partial charge is 0.349 e. The van der Waals surface area contributed by atoms with Gasteiger partial charge in [0.25, 0.3) is 5.91 Å². The van der Waals surface area contributed by atoms with Crippen molar-refractivity contribution < 1.29 is 14.4 Å². The van der Waals surface area contributed by atoms with Crippen LogP contribution >= 0.6 is 0 Å². The summed E-state index contributed by atoms with van der Waals surface area (Å²) in [5.74, 6) is 0.391. The molecule has 1 aromatic carbocycles. The minimum absolute atomic E-state index is 0.0382. The smallest absolute Gasteiger partial charge is 0.324 e. The Morgan fingerprint density at radius 1 is 1.21 bits per heavy atom. The molecule has 152 valence electrons. The molecule has 0 atom stereocenters. The zero-order valence-electron chi connectivity index (χ0n) is 17.1. The molecule has 28 heavy (non-hydrogen) atoms. The van der Waals surface area contributed by atoms with Crippen molar-refractivity contribution >= 4 is 17.8 Å². The van der Waals surface area contributed by atoms with E-state index in [1.54, 1.807) is 18.2 Å². The van der Waals surface area contributed by atoms with Gasteiger partial charge < -0.3 is 10.6 Å². The van der Waals surface area contributed by atoms with Crippen LogP contribution in [0.5, 0.6) is 0 Å². The van der Waals surface area contributed by atoms with Gasteiger partial charge >= 0.3 is 6.03 Å². The topological polar surface area (TPSA) is 78.5 Å². The predicted molar refractivity (Wildman–Crippen MR) is 108 cm³/mol. The molecule has 4 amide bonds. The van der Waals surface area contributed by atoms with Gasteiger partial charge in [-0.1, -0.05) is 39.3 Å². The summed E-state index contributed by atoms with van der Waals surface area (Å²) in [6, 6.07) is 6.99. The molecule has 2 fully saturated rings. The third-order valence-corrected chi connectivity index (χ3v) is 6.55. The number of hydrogen-bond acceptors (Lipinski definition) is 3. The molecule has 1 aromatic rings. The van der Waals surface area contributed by atoms with Crippen LogP contribution in [0.2, 0.25) is 0 Å². The van der Waals surface area contributed by atoms with Crippen molar-refractivity contribution in [3.63, 3.8) is 0 Å². The van der Waals surface area contributed by atoms with Crippen LogP contribution in [0.3, 0.4) is 0 Å². The minimum Gasteiger partial charge on any atom is -0.349 e. The Balaban J connectivity index is 1.57. The lowest BCUT2D eigenvalue weighted by atomic mass is 9.69. The van der Waals surface area contributed by atoms with Crippen LogP contribution in [0.1, 0.15) is 68.8 Å². The Morgan fingerprint density at radius 3 is 2.54 bits per heavy atom. The Labute approximate surface area is 167 Å². The third kappa shape index (κ3) is 4.54. The second-order valence-electron chi connectivity index (χ2n) is 8.70. The van der Waals surface area contributed by atoms with Crippen LogP contribution in [0.25, 0.3) is 0 Å². The van der Waals surface area contributed by atoms with Crippen molar-refractivity contribution in [2.45, 2.75) is 65.5 Å². The van der Waals surface area contributed by atoms with Gasteiger partial charge in [-0.15, -0.1) is 0 Å². The summed E-state index contributed by atoms with van der Waals surface area (Å²) in [7, 11) is 0. The van der Waals surface area contributed by atoms with Crippen LogP contribution < -0.4 is 10.6 Å². The van der Waals surface area contributed by atoms with E-state index >= 15 is 0 Å². The van der Waals surface area contributed by atoms with Crippen molar-refractivity contribution in [3.8, 4) is 0 Å². The number of amides is 4. The Bertz CT molecular complexity index is 735. The lowest BCUT2D eigenvalue weighted by Crippen LogP contribution is -2.40. The summed E-state index contributed by atoms with van der Waals surface area (Å²) in [5.41, 5.74) is 1.70. The highest BCUT2D eigenvalue weighted by molar-refractivity contribution is 6.02. The minimum atomic E-state index is -0.383. The molecule has 6 heteroatoms. The molecule has 0 aromatic heterocycles. The molecule has 0 unspecified atom stereocenters. The Morgan fingerprint density at radius 2 is 1.93 bits per heavy atom. The summed E-state index contributed by atoms with van der Waals surface area (Å²) >= 11 is 0. The highest BCUT2D eigenvalue weighted by Gasteiger charge is 2.32. The third-order valence-electron chi connectivity index (χ3n) is 6.55. The first-order chi connectivity index (χ1) is 13.3. The predicted octanol–water partition coefficient (Wildman–Crippen LogP) is 3.46. The lowest BCUT2D eigenvalue weighted by molar-refractivity contribution is -0.125. The molecule has 0 bridgehead atoms. The first kappa shape index (κ1) is 20.4. The second-order valence-corrected chi connectivity index (χ2v) is 8.70.